The lowest BCUT2D eigenvalue weighted by Crippen LogP contribution is -2.21. The first-order valence-corrected chi connectivity index (χ1v) is 10.4. The molecule has 1 amide bonds. The molecule has 0 bridgehead atoms. The van der Waals surface area contributed by atoms with E-state index in [9.17, 15) is 9.90 Å². The smallest absolute Gasteiger partial charge is 0.244 e. The van der Waals surface area contributed by atoms with Crippen molar-refractivity contribution in [2.24, 2.45) is 5.10 Å². The molecule has 0 saturated carbocycles. The van der Waals surface area contributed by atoms with E-state index in [-0.39, 0.29) is 18.1 Å². The fourth-order valence-corrected chi connectivity index (χ4v) is 3.77. The number of carbonyl (C=O) groups excluding carboxylic acids is 1. The summed E-state index contributed by atoms with van der Waals surface area (Å²) in [6.07, 6.45) is 1.68. The number of carbonyl (C=O) groups is 1. The van der Waals surface area contributed by atoms with Gasteiger partial charge < -0.3 is 10.0 Å². The summed E-state index contributed by atoms with van der Waals surface area (Å²) in [4.78, 5) is 14.5. The topological polar surface area (TPSA) is 64.9 Å². The third-order valence-corrected chi connectivity index (χ3v) is 5.54. The summed E-state index contributed by atoms with van der Waals surface area (Å²) in [6, 6.07) is 17.3. The second-order valence-corrected chi connectivity index (χ2v) is 7.49. The molecular formula is C23H24BrN3O2. The number of nitrogens with zero attached hydrogens (tertiary/aromatic N) is 2. The second kappa shape index (κ2) is 9.56. The van der Waals surface area contributed by atoms with Crippen molar-refractivity contribution in [3.8, 4) is 5.75 Å². The lowest BCUT2D eigenvalue weighted by Gasteiger charge is -2.21. The summed E-state index contributed by atoms with van der Waals surface area (Å²) in [7, 11) is 0. The summed E-state index contributed by atoms with van der Waals surface area (Å²) in [5, 5.41) is 16.3. The molecule has 0 aromatic heterocycles. The van der Waals surface area contributed by atoms with Crippen LogP contribution in [0.25, 0.3) is 10.8 Å². The lowest BCUT2D eigenvalue weighted by atomic mass is 10.0. The first-order chi connectivity index (χ1) is 14.0. The minimum absolute atomic E-state index is 0.131. The van der Waals surface area contributed by atoms with Crippen molar-refractivity contribution in [2.75, 3.05) is 18.0 Å². The highest BCUT2D eigenvalue weighted by atomic mass is 79.9. The maximum absolute atomic E-state index is 12.3. The molecule has 6 heteroatoms. The highest BCUT2D eigenvalue weighted by molar-refractivity contribution is 9.10. The van der Waals surface area contributed by atoms with Gasteiger partial charge in [-0.05, 0) is 48.4 Å². The molecule has 3 aromatic rings. The van der Waals surface area contributed by atoms with E-state index in [2.05, 4.69) is 45.2 Å². The number of phenols is 1. The van der Waals surface area contributed by atoms with Crippen LogP contribution in [-0.2, 0) is 11.2 Å². The van der Waals surface area contributed by atoms with Gasteiger partial charge in [-0.25, -0.2) is 5.43 Å². The molecule has 0 aliphatic heterocycles. The van der Waals surface area contributed by atoms with Gasteiger partial charge in [0.1, 0.15) is 5.75 Å². The molecule has 0 spiro atoms. The molecule has 0 aliphatic carbocycles. The Morgan fingerprint density at radius 2 is 1.83 bits per heavy atom. The molecule has 0 heterocycles. The van der Waals surface area contributed by atoms with Crippen molar-refractivity contribution in [2.45, 2.75) is 20.3 Å². The van der Waals surface area contributed by atoms with Crippen LogP contribution in [0.2, 0.25) is 0 Å². The van der Waals surface area contributed by atoms with E-state index in [1.165, 1.54) is 6.21 Å². The van der Waals surface area contributed by atoms with Crippen molar-refractivity contribution in [1.29, 1.82) is 0 Å². The minimum atomic E-state index is -0.215. The van der Waals surface area contributed by atoms with Gasteiger partial charge in [0.2, 0.25) is 5.91 Å². The zero-order valence-corrected chi connectivity index (χ0v) is 18.1. The number of benzene rings is 3. The van der Waals surface area contributed by atoms with Gasteiger partial charge in [0.15, 0.2) is 0 Å². The van der Waals surface area contributed by atoms with Crippen LogP contribution in [0.15, 0.2) is 64.2 Å². The van der Waals surface area contributed by atoms with E-state index in [1.807, 2.05) is 42.5 Å². The third kappa shape index (κ3) is 4.95. The van der Waals surface area contributed by atoms with Crippen molar-refractivity contribution in [3.63, 3.8) is 0 Å². The minimum Gasteiger partial charge on any atom is -0.507 e. The summed E-state index contributed by atoms with van der Waals surface area (Å²) < 4.78 is 0.999. The van der Waals surface area contributed by atoms with E-state index in [4.69, 9.17) is 0 Å². The van der Waals surface area contributed by atoms with Crippen molar-refractivity contribution >= 4 is 44.5 Å². The van der Waals surface area contributed by atoms with Crippen LogP contribution in [0.1, 0.15) is 25.0 Å². The van der Waals surface area contributed by atoms with Gasteiger partial charge in [0.25, 0.3) is 0 Å². The monoisotopic (exact) mass is 453 g/mol. The number of phenolic OH excluding ortho intramolecular Hbond substituents is 1. The molecule has 0 radical (unpaired) electrons. The van der Waals surface area contributed by atoms with Crippen LogP contribution < -0.4 is 10.3 Å². The average molecular weight is 454 g/mol. The molecule has 5 nitrogen and oxygen atoms in total. The predicted octanol–water partition coefficient (Wildman–Crippen LogP) is 4.85. The Labute approximate surface area is 179 Å². The number of amides is 1. The zero-order chi connectivity index (χ0) is 20.8. The highest BCUT2D eigenvalue weighted by Gasteiger charge is 2.09. The SMILES string of the molecule is CCN(CC)c1ccc(C=NNC(=O)Cc2ccc(Br)c3ccccc23)c(O)c1. The first-order valence-electron chi connectivity index (χ1n) is 9.59. The van der Waals surface area contributed by atoms with Gasteiger partial charge in [0, 0.05) is 34.9 Å². The number of hydrazone groups is 1. The molecule has 150 valence electrons. The van der Waals surface area contributed by atoms with Gasteiger partial charge in [-0.1, -0.05) is 46.3 Å². The molecule has 3 aromatic carbocycles. The third-order valence-electron chi connectivity index (χ3n) is 4.85. The molecule has 0 atom stereocenters. The van der Waals surface area contributed by atoms with E-state index < -0.39 is 0 Å². The normalized spacial score (nSPS) is 11.1. The van der Waals surface area contributed by atoms with Crippen molar-refractivity contribution in [3.05, 3.63) is 70.2 Å². The Kier molecular flexibility index (Phi) is 6.88. The summed E-state index contributed by atoms with van der Waals surface area (Å²) in [6.45, 7) is 5.87. The average Bonchev–Trinajstić information content (AvgIpc) is 2.73. The molecule has 0 unspecified atom stereocenters. The largest absolute Gasteiger partial charge is 0.507 e. The number of aromatic hydroxyl groups is 1. The van der Waals surface area contributed by atoms with E-state index in [1.54, 1.807) is 12.1 Å². The van der Waals surface area contributed by atoms with Gasteiger partial charge in [0.05, 0.1) is 12.6 Å². The van der Waals surface area contributed by atoms with Crippen LogP contribution in [0, 0.1) is 0 Å². The van der Waals surface area contributed by atoms with Gasteiger partial charge in [-0.2, -0.15) is 5.10 Å². The van der Waals surface area contributed by atoms with Crippen LogP contribution in [-0.4, -0.2) is 30.3 Å². The number of hydrogen-bond acceptors (Lipinski definition) is 4. The Balaban J connectivity index is 1.67. The van der Waals surface area contributed by atoms with E-state index >= 15 is 0 Å². The lowest BCUT2D eigenvalue weighted by molar-refractivity contribution is -0.120. The van der Waals surface area contributed by atoms with Crippen LogP contribution in [0.5, 0.6) is 5.75 Å². The highest BCUT2D eigenvalue weighted by Crippen LogP contribution is 2.27. The standard InChI is InChI=1S/C23H24BrN3O2/c1-3-27(4-2)18-11-9-17(22(28)14-18)15-25-26-23(29)13-16-10-12-21(24)20-8-6-5-7-19(16)20/h5-12,14-15,28H,3-4,13H2,1-2H3,(H,26,29). The molecule has 3 rings (SSSR count). The summed E-state index contributed by atoms with van der Waals surface area (Å²) >= 11 is 3.54. The van der Waals surface area contributed by atoms with Crippen LogP contribution >= 0.6 is 15.9 Å². The Morgan fingerprint density at radius 1 is 1.10 bits per heavy atom. The molecule has 0 aliphatic rings. The first kappa shape index (κ1) is 20.9. The molecular weight excluding hydrogens is 430 g/mol. The molecule has 2 N–H and O–H groups in total. The molecule has 0 fully saturated rings. The predicted molar refractivity (Wildman–Crippen MR) is 123 cm³/mol. The van der Waals surface area contributed by atoms with Crippen LogP contribution in [0.3, 0.4) is 0 Å². The second-order valence-electron chi connectivity index (χ2n) is 6.64. The molecule has 29 heavy (non-hydrogen) atoms. The number of halogens is 1. The number of nitrogens with one attached hydrogen (secondary N) is 1. The maximum atomic E-state index is 12.3. The van der Waals surface area contributed by atoms with Gasteiger partial charge >= 0.3 is 0 Å². The Morgan fingerprint density at radius 3 is 2.52 bits per heavy atom. The number of rotatable bonds is 7. The van der Waals surface area contributed by atoms with Gasteiger partial charge in [-0.3, -0.25) is 4.79 Å². The Hall–Kier alpha value is -2.86. The van der Waals surface area contributed by atoms with Crippen molar-refractivity contribution in [1.82, 2.24) is 5.43 Å². The zero-order valence-electron chi connectivity index (χ0n) is 16.5. The maximum Gasteiger partial charge on any atom is 0.244 e. The quantitative estimate of drug-likeness (QED) is 0.397. The summed E-state index contributed by atoms with van der Waals surface area (Å²) in [5.41, 5.74) is 4.98. The number of anilines is 1. The number of hydrogen-bond donors (Lipinski definition) is 2. The Bertz CT molecular complexity index is 1050. The fraction of sp³-hybridized carbons (Fsp3) is 0.217. The van der Waals surface area contributed by atoms with Crippen molar-refractivity contribution < 1.29 is 9.90 Å². The summed E-state index contributed by atoms with van der Waals surface area (Å²) in [5.74, 6) is -0.0840. The fourth-order valence-electron chi connectivity index (χ4n) is 3.29. The number of fused-ring (bicyclic) bond motifs is 1. The molecule has 0 saturated heterocycles. The van der Waals surface area contributed by atoms with E-state index in [0.29, 0.717) is 5.56 Å². The van der Waals surface area contributed by atoms with Gasteiger partial charge in [-0.15, -0.1) is 0 Å². The van der Waals surface area contributed by atoms with Crippen LogP contribution in [0.4, 0.5) is 5.69 Å². The van der Waals surface area contributed by atoms with E-state index in [0.717, 1.165) is 39.6 Å².